The molecule has 0 aliphatic carbocycles. The maximum Gasteiger partial charge on any atom is 0.333 e. The van der Waals surface area contributed by atoms with Gasteiger partial charge in [-0.3, -0.25) is 4.68 Å². The summed E-state index contributed by atoms with van der Waals surface area (Å²) >= 11 is 0. The minimum atomic E-state index is -2.62. The SMILES string of the molecule is Cc1nn(C(F)F)cc1NCc1ccnn1CC(C)C. The molecule has 2 rings (SSSR count). The number of aryl methyl sites for hydroxylation is 1. The number of aromatic nitrogens is 4. The zero-order chi connectivity index (χ0) is 14.7. The number of hydrogen-bond acceptors (Lipinski definition) is 3. The number of rotatable bonds is 6. The number of alkyl halides is 2. The van der Waals surface area contributed by atoms with Gasteiger partial charge >= 0.3 is 6.55 Å². The molecule has 2 aromatic rings. The molecule has 0 amide bonds. The molecular formula is C13H19F2N5. The third-order valence-corrected chi connectivity index (χ3v) is 2.92. The highest BCUT2D eigenvalue weighted by molar-refractivity contribution is 5.45. The summed E-state index contributed by atoms with van der Waals surface area (Å²) in [7, 11) is 0. The lowest BCUT2D eigenvalue weighted by atomic mass is 10.2. The summed E-state index contributed by atoms with van der Waals surface area (Å²) in [4.78, 5) is 0. The van der Waals surface area contributed by atoms with Crippen LogP contribution in [0.1, 0.15) is 31.8 Å². The summed E-state index contributed by atoms with van der Waals surface area (Å²) in [6, 6.07) is 1.92. The Hall–Kier alpha value is -1.92. The zero-order valence-corrected chi connectivity index (χ0v) is 11.8. The van der Waals surface area contributed by atoms with E-state index in [1.807, 2.05) is 10.7 Å². The first kappa shape index (κ1) is 14.5. The molecule has 0 saturated carbocycles. The molecule has 2 heterocycles. The molecule has 0 spiro atoms. The van der Waals surface area contributed by atoms with E-state index in [-0.39, 0.29) is 0 Å². The Morgan fingerprint density at radius 1 is 1.35 bits per heavy atom. The molecule has 0 aliphatic rings. The van der Waals surface area contributed by atoms with Crippen LogP contribution in [0, 0.1) is 12.8 Å². The van der Waals surface area contributed by atoms with E-state index in [2.05, 4.69) is 29.4 Å². The van der Waals surface area contributed by atoms with Crippen molar-refractivity contribution >= 4 is 5.69 Å². The highest BCUT2D eigenvalue weighted by Crippen LogP contribution is 2.18. The summed E-state index contributed by atoms with van der Waals surface area (Å²) in [6.07, 6.45) is 3.07. The van der Waals surface area contributed by atoms with Gasteiger partial charge in [0.25, 0.3) is 0 Å². The third kappa shape index (κ3) is 3.34. The first-order valence-electron chi connectivity index (χ1n) is 6.56. The van der Waals surface area contributed by atoms with Crippen molar-refractivity contribution in [3.05, 3.63) is 29.8 Å². The van der Waals surface area contributed by atoms with E-state index < -0.39 is 6.55 Å². The van der Waals surface area contributed by atoms with Crippen molar-refractivity contribution in [2.75, 3.05) is 5.32 Å². The molecule has 0 aromatic carbocycles. The van der Waals surface area contributed by atoms with E-state index >= 15 is 0 Å². The van der Waals surface area contributed by atoms with Crippen molar-refractivity contribution in [2.45, 2.75) is 40.4 Å². The van der Waals surface area contributed by atoms with E-state index in [0.717, 1.165) is 12.2 Å². The fourth-order valence-corrected chi connectivity index (χ4v) is 1.96. The van der Waals surface area contributed by atoms with E-state index in [4.69, 9.17) is 0 Å². The fourth-order valence-electron chi connectivity index (χ4n) is 1.96. The van der Waals surface area contributed by atoms with E-state index in [1.54, 1.807) is 13.1 Å². The second-order valence-electron chi connectivity index (χ2n) is 5.14. The topological polar surface area (TPSA) is 47.7 Å². The summed E-state index contributed by atoms with van der Waals surface area (Å²) in [6.45, 7) is 4.69. The molecule has 0 atom stereocenters. The molecule has 20 heavy (non-hydrogen) atoms. The normalized spacial score (nSPS) is 11.6. The van der Waals surface area contributed by atoms with Gasteiger partial charge in [0.15, 0.2) is 0 Å². The van der Waals surface area contributed by atoms with Crippen LogP contribution in [0.5, 0.6) is 0 Å². The van der Waals surface area contributed by atoms with Crippen LogP contribution in [-0.2, 0) is 13.1 Å². The van der Waals surface area contributed by atoms with Crippen molar-refractivity contribution < 1.29 is 8.78 Å². The molecule has 110 valence electrons. The van der Waals surface area contributed by atoms with Gasteiger partial charge < -0.3 is 5.32 Å². The number of anilines is 1. The Kier molecular flexibility index (Phi) is 4.36. The monoisotopic (exact) mass is 283 g/mol. The molecule has 0 fully saturated rings. The van der Waals surface area contributed by atoms with E-state index in [9.17, 15) is 8.78 Å². The quantitative estimate of drug-likeness (QED) is 0.886. The van der Waals surface area contributed by atoms with Gasteiger partial charge in [0, 0.05) is 12.7 Å². The zero-order valence-electron chi connectivity index (χ0n) is 11.8. The molecule has 0 radical (unpaired) electrons. The van der Waals surface area contributed by atoms with Crippen molar-refractivity contribution in [2.24, 2.45) is 5.92 Å². The molecule has 7 heteroatoms. The van der Waals surface area contributed by atoms with Crippen LogP contribution in [0.4, 0.5) is 14.5 Å². The Labute approximate surface area is 116 Å². The average molecular weight is 283 g/mol. The number of nitrogens with zero attached hydrogens (tertiary/aromatic N) is 4. The molecular weight excluding hydrogens is 264 g/mol. The smallest absolute Gasteiger partial charge is 0.333 e. The predicted octanol–water partition coefficient (Wildman–Crippen LogP) is 3.05. The van der Waals surface area contributed by atoms with Gasteiger partial charge in [0.2, 0.25) is 0 Å². The minimum absolute atomic E-state index is 0.497. The first-order valence-corrected chi connectivity index (χ1v) is 6.56. The van der Waals surface area contributed by atoms with E-state index in [0.29, 0.717) is 28.5 Å². The molecule has 0 saturated heterocycles. The second kappa shape index (κ2) is 6.02. The van der Waals surface area contributed by atoms with Gasteiger partial charge in [-0.2, -0.15) is 19.0 Å². The average Bonchev–Trinajstić information content (AvgIpc) is 2.93. The van der Waals surface area contributed by atoms with Crippen LogP contribution >= 0.6 is 0 Å². The van der Waals surface area contributed by atoms with Gasteiger partial charge in [0.1, 0.15) is 0 Å². The highest BCUT2D eigenvalue weighted by Gasteiger charge is 2.12. The van der Waals surface area contributed by atoms with Gasteiger partial charge in [-0.1, -0.05) is 13.8 Å². The third-order valence-electron chi connectivity index (χ3n) is 2.92. The summed E-state index contributed by atoms with van der Waals surface area (Å²) < 4.78 is 27.7. The molecule has 0 unspecified atom stereocenters. The molecule has 2 aromatic heterocycles. The van der Waals surface area contributed by atoms with Crippen molar-refractivity contribution in [3.8, 4) is 0 Å². The highest BCUT2D eigenvalue weighted by atomic mass is 19.3. The van der Waals surface area contributed by atoms with Crippen molar-refractivity contribution in [1.82, 2.24) is 19.6 Å². The second-order valence-corrected chi connectivity index (χ2v) is 5.14. The number of nitrogens with one attached hydrogen (secondary N) is 1. The molecule has 1 N–H and O–H groups in total. The lowest BCUT2D eigenvalue weighted by Gasteiger charge is -2.10. The van der Waals surface area contributed by atoms with Crippen LogP contribution in [0.3, 0.4) is 0 Å². The van der Waals surface area contributed by atoms with Crippen molar-refractivity contribution in [3.63, 3.8) is 0 Å². The lowest BCUT2D eigenvalue weighted by Crippen LogP contribution is -2.12. The van der Waals surface area contributed by atoms with Crippen LogP contribution < -0.4 is 5.32 Å². The Morgan fingerprint density at radius 3 is 2.70 bits per heavy atom. The molecule has 0 aliphatic heterocycles. The van der Waals surface area contributed by atoms with Gasteiger partial charge in [0.05, 0.1) is 29.8 Å². The largest absolute Gasteiger partial charge is 0.377 e. The van der Waals surface area contributed by atoms with Gasteiger partial charge in [-0.25, -0.2) is 4.68 Å². The van der Waals surface area contributed by atoms with Gasteiger partial charge in [-0.15, -0.1) is 0 Å². The first-order chi connectivity index (χ1) is 9.47. The molecule has 0 bridgehead atoms. The molecule has 5 nitrogen and oxygen atoms in total. The van der Waals surface area contributed by atoms with Crippen LogP contribution in [0.25, 0.3) is 0 Å². The Bertz CT molecular complexity index is 559. The van der Waals surface area contributed by atoms with Crippen molar-refractivity contribution in [1.29, 1.82) is 0 Å². The van der Waals surface area contributed by atoms with Crippen LogP contribution in [-0.4, -0.2) is 19.6 Å². The minimum Gasteiger partial charge on any atom is -0.377 e. The Morgan fingerprint density at radius 2 is 2.10 bits per heavy atom. The number of halogens is 2. The Balaban J connectivity index is 2.03. The fraction of sp³-hybridized carbons (Fsp3) is 0.538. The van der Waals surface area contributed by atoms with Crippen LogP contribution in [0.15, 0.2) is 18.5 Å². The van der Waals surface area contributed by atoms with E-state index in [1.165, 1.54) is 6.20 Å². The standard InChI is InChI=1S/C13H19F2N5/c1-9(2)7-19-11(4-5-17-19)6-16-12-8-20(13(14)15)18-10(12)3/h4-5,8-9,13,16H,6-7H2,1-3H3. The maximum atomic E-state index is 12.5. The van der Waals surface area contributed by atoms with Gasteiger partial charge in [-0.05, 0) is 18.9 Å². The maximum absolute atomic E-state index is 12.5. The number of hydrogen-bond donors (Lipinski definition) is 1. The lowest BCUT2D eigenvalue weighted by molar-refractivity contribution is 0.0563. The van der Waals surface area contributed by atoms with Crippen LogP contribution in [0.2, 0.25) is 0 Å². The summed E-state index contributed by atoms with van der Waals surface area (Å²) in [5, 5.41) is 11.1. The predicted molar refractivity (Wildman–Crippen MR) is 72.6 cm³/mol. The summed E-state index contributed by atoms with van der Waals surface area (Å²) in [5.74, 6) is 0.497. The summed E-state index contributed by atoms with van der Waals surface area (Å²) in [5.41, 5.74) is 2.19.